The topological polar surface area (TPSA) is 37.8 Å². The summed E-state index contributed by atoms with van der Waals surface area (Å²) < 4.78 is 4.32. The number of nitrogens with zero attached hydrogens (tertiary/aromatic N) is 2. The minimum Gasteiger partial charge on any atom is -0.361 e. The fourth-order valence-electron chi connectivity index (χ4n) is 1.29. The standard InChI is InChI=1S/C8H13N3S/c1-3-9-8-10-7(11-12-8)6-4-5(6)2/h5-6H,3-4H2,1-2H3,(H,9,10,11). The van der Waals surface area contributed by atoms with E-state index in [9.17, 15) is 0 Å². The van der Waals surface area contributed by atoms with Gasteiger partial charge in [0, 0.05) is 24.0 Å². The molecule has 0 amide bonds. The van der Waals surface area contributed by atoms with E-state index in [1.54, 1.807) is 0 Å². The van der Waals surface area contributed by atoms with E-state index in [4.69, 9.17) is 0 Å². The van der Waals surface area contributed by atoms with Crippen LogP contribution in [0.2, 0.25) is 0 Å². The van der Waals surface area contributed by atoms with Crippen molar-refractivity contribution in [3.63, 3.8) is 0 Å². The molecule has 0 spiro atoms. The average Bonchev–Trinajstić information content (AvgIpc) is 2.62. The number of nitrogens with one attached hydrogen (secondary N) is 1. The predicted molar refractivity (Wildman–Crippen MR) is 50.6 cm³/mol. The van der Waals surface area contributed by atoms with Gasteiger partial charge in [-0.05, 0) is 19.3 Å². The van der Waals surface area contributed by atoms with Gasteiger partial charge in [-0.15, -0.1) is 0 Å². The highest BCUT2D eigenvalue weighted by Crippen LogP contribution is 2.46. The molecule has 4 heteroatoms. The third-order valence-electron chi connectivity index (χ3n) is 2.21. The Hall–Kier alpha value is -0.640. The lowest BCUT2D eigenvalue weighted by molar-refractivity contribution is 0.867. The van der Waals surface area contributed by atoms with Gasteiger partial charge < -0.3 is 5.32 Å². The van der Waals surface area contributed by atoms with Crippen molar-refractivity contribution in [2.45, 2.75) is 26.2 Å². The lowest BCUT2D eigenvalue weighted by Gasteiger charge is -1.92. The molecule has 1 saturated carbocycles. The van der Waals surface area contributed by atoms with Crippen molar-refractivity contribution < 1.29 is 0 Å². The van der Waals surface area contributed by atoms with Crippen LogP contribution in [-0.4, -0.2) is 15.9 Å². The summed E-state index contributed by atoms with van der Waals surface area (Å²) in [6, 6.07) is 0. The summed E-state index contributed by atoms with van der Waals surface area (Å²) in [5.74, 6) is 2.49. The molecular weight excluding hydrogens is 170 g/mol. The fraction of sp³-hybridized carbons (Fsp3) is 0.750. The molecule has 1 aliphatic carbocycles. The highest BCUT2D eigenvalue weighted by Gasteiger charge is 2.37. The normalized spacial score (nSPS) is 27.2. The van der Waals surface area contributed by atoms with Gasteiger partial charge in [0.15, 0.2) is 0 Å². The Bertz CT molecular complexity index is 271. The van der Waals surface area contributed by atoms with E-state index in [0.29, 0.717) is 5.92 Å². The molecule has 2 rings (SSSR count). The van der Waals surface area contributed by atoms with E-state index in [1.807, 2.05) is 0 Å². The van der Waals surface area contributed by atoms with Crippen molar-refractivity contribution in [3.05, 3.63) is 5.82 Å². The largest absolute Gasteiger partial charge is 0.361 e. The molecule has 0 saturated heterocycles. The molecule has 12 heavy (non-hydrogen) atoms. The van der Waals surface area contributed by atoms with Crippen LogP contribution in [0, 0.1) is 5.92 Å². The summed E-state index contributed by atoms with van der Waals surface area (Å²) in [5.41, 5.74) is 0. The first-order chi connectivity index (χ1) is 5.81. The summed E-state index contributed by atoms with van der Waals surface area (Å²) in [6.45, 7) is 5.24. The second-order valence-electron chi connectivity index (χ2n) is 3.31. The highest BCUT2D eigenvalue weighted by molar-refractivity contribution is 7.09. The molecule has 0 aromatic carbocycles. The van der Waals surface area contributed by atoms with E-state index < -0.39 is 0 Å². The smallest absolute Gasteiger partial charge is 0.202 e. The van der Waals surface area contributed by atoms with Gasteiger partial charge in [0.05, 0.1) is 0 Å². The first kappa shape index (κ1) is 7.98. The molecule has 0 radical (unpaired) electrons. The van der Waals surface area contributed by atoms with Gasteiger partial charge in [-0.25, -0.2) is 4.98 Å². The lowest BCUT2D eigenvalue weighted by atomic mass is 10.3. The van der Waals surface area contributed by atoms with Crippen LogP contribution in [-0.2, 0) is 0 Å². The lowest BCUT2D eigenvalue weighted by Crippen LogP contribution is -1.95. The van der Waals surface area contributed by atoms with E-state index in [0.717, 1.165) is 23.4 Å². The van der Waals surface area contributed by atoms with Crippen molar-refractivity contribution >= 4 is 16.7 Å². The van der Waals surface area contributed by atoms with Crippen molar-refractivity contribution in [3.8, 4) is 0 Å². The Labute approximate surface area is 76.4 Å². The van der Waals surface area contributed by atoms with Crippen LogP contribution in [0.1, 0.15) is 32.0 Å². The summed E-state index contributed by atoms with van der Waals surface area (Å²) in [5, 5.41) is 4.13. The minimum absolute atomic E-state index is 0.647. The Kier molecular flexibility index (Phi) is 2.00. The van der Waals surface area contributed by atoms with Gasteiger partial charge in [0.2, 0.25) is 5.13 Å². The molecule has 1 aliphatic rings. The number of aromatic nitrogens is 2. The van der Waals surface area contributed by atoms with Gasteiger partial charge in [-0.1, -0.05) is 6.92 Å². The van der Waals surface area contributed by atoms with Crippen LogP contribution in [0.3, 0.4) is 0 Å². The molecule has 3 nitrogen and oxygen atoms in total. The number of rotatable bonds is 3. The van der Waals surface area contributed by atoms with E-state index >= 15 is 0 Å². The average molecular weight is 183 g/mol. The maximum atomic E-state index is 4.41. The maximum Gasteiger partial charge on any atom is 0.202 e. The molecule has 1 heterocycles. The van der Waals surface area contributed by atoms with Gasteiger partial charge in [0.25, 0.3) is 0 Å². The van der Waals surface area contributed by atoms with Crippen LogP contribution in [0.5, 0.6) is 0 Å². The van der Waals surface area contributed by atoms with E-state index in [-0.39, 0.29) is 0 Å². The molecule has 66 valence electrons. The Morgan fingerprint density at radius 2 is 2.42 bits per heavy atom. The first-order valence-corrected chi connectivity index (χ1v) is 5.16. The van der Waals surface area contributed by atoms with Gasteiger partial charge in [0.1, 0.15) is 5.82 Å². The SMILES string of the molecule is CCNc1nc(C2CC2C)ns1. The third-order valence-corrected chi connectivity index (χ3v) is 2.90. The van der Waals surface area contributed by atoms with Gasteiger partial charge >= 0.3 is 0 Å². The zero-order valence-electron chi connectivity index (χ0n) is 7.37. The van der Waals surface area contributed by atoms with Crippen LogP contribution < -0.4 is 5.32 Å². The van der Waals surface area contributed by atoms with Crippen molar-refractivity contribution in [1.82, 2.24) is 9.36 Å². The van der Waals surface area contributed by atoms with Crippen LogP contribution in [0.4, 0.5) is 5.13 Å². The minimum atomic E-state index is 0.647. The summed E-state index contributed by atoms with van der Waals surface area (Å²) in [7, 11) is 0. The Morgan fingerprint density at radius 3 is 3.00 bits per heavy atom. The van der Waals surface area contributed by atoms with Crippen molar-refractivity contribution in [2.75, 3.05) is 11.9 Å². The van der Waals surface area contributed by atoms with E-state index in [1.165, 1.54) is 18.0 Å². The van der Waals surface area contributed by atoms with Crippen LogP contribution in [0.25, 0.3) is 0 Å². The molecular formula is C8H13N3S. The molecule has 1 N–H and O–H groups in total. The number of hydrogen-bond donors (Lipinski definition) is 1. The first-order valence-electron chi connectivity index (χ1n) is 4.38. The van der Waals surface area contributed by atoms with Gasteiger partial charge in [-0.3, -0.25) is 0 Å². The molecule has 0 bridgehead atoms. The molecule has 2 unspecified atom stereocenters. The molecule has 0 aliphatic heterocycles. The molecule has 1 aromatic heterocycles. The quantitative estimate of drug-likeness (QED) is 0.779. The maximum absolute atomic E-state index is 4.41. The molecule has 2 atom stereocenters. The summed E-state index contributed by atoms with van der Waals surface area (Å²) in [6.07, 6.45) is 1.27. The fourth-order valence-corrected chi connectivity index (χ4v) is 1.99. The molecule has 1 fully saturated rings. The zero-order chi connectivity index (χ0) is 8.55. The second-order valence-corrected chi connectivity index (χ2v) is 4.06. The van der Waals surface area contributed by atoms with Crippen LogP contribution >= 0.6 is 11.5 Å². The van der Waals surface area contributed by atoms with Gasteiger partial charge in [-0.2, -0.15) is 4.37 Å². The monoisotopic (exact) mass is 183 g/mol. The highest BCUT2D eigenvalue weighted by atomic mass is 32.1. The van der Waals surface area contributed by atoms with E-state index in [2.05, 4.69) is 28.5 Å². The second kappa shape index (κ2) is 3.01. The third kappa shape index (κ3) is 1.43. The van der Waals surface area contributed by atoms with Crippen LogP contribution in [0.15, 0.2) is 0 Å². The van der Waals surface area contributed by atoms with Crippen molar-refractivity contribution in [1.29, 1.82) is 0 Å². The Balaban J connectivity index is 2.04. The Morgan fingerprint density at radius 1 is 1.67 bits per heavy atom. The predicted octanol–water partition coefficient (Wildman–Crippen LogP) is 2.09. The number of anilines is 1. The zero-order valence-corrected chi connectivity index (χ0v) is 8.19. The summed E-state index contributed by atoms with van der Waals surface area (Å²) in [4.78, 5) is 4.41. The summed E-state index contributed by atoms with van der Waals surface area (Å²) >= 11 is 1.47. The molecule has 1 aromatic rings. The van der Waals surface area contributed by atoms with Crippen molar-refractivity contribution in [2.24, 2.45) is 5.92 Å². The number of hydrogen-bond acceptors (Lipinski definition) is 4.